The number of amides is 1. The number of nitrogens with zero attached hydrogens (tertiary/aromatic N) is 4. The topological polar surface area (TPSA) is 73.8 Å². The highest BCUT2D eigenvalue weighted by Crippen LogP contribution is 2.30. The number of benzene rings is 3. The molecule has 0 fully saturated rings. The van der Waals surface area contributed by atoms with Crippen LogP contribution in [-0.4, -0.2) is 57.9 Å². The molecule has 3 aromatic carbocycles. The van der Waals surface area contributed by atoms with E-state index in [2.05, 4.69) is 4.98 Å². The predicted molar refractivity (Wildman–Crippen MR) is 150 cm³/mol. The van der Waals surface area contributed by atoms with Gasteiger partial charge in [0, 0.05) is 25.2 Å². The number of likely N-dealkylation sites (N-methyl/N-ethyl adjacent to an activating group) is 1. The largest absolute Gasteiger partial charge is 0.308 e. The van der Waals surface area contributed by atoms with Crippen LogP contribution >= 0.6 is 23.7 Å². The van der Waals surface area contributed by atoms with Gasteiger partial charge in [0.2, 0.25) is 0 Å². The third kappa shape index (κ3) is 5.87. The van der Waals surface area contributed by atoms with Crippen LogP contribution < -0.4 is 9.21 Å². The lowest BCUT2D eigenvalue weighted by atomic mass is 10.2. The van der Waals surface area contributed by atoms with Crippen LogP contribution in [-0.2, 0) is 10.0 Å². The van der Waals surface area contributed by atoms with Crippen LogP contribution in [0, 0.1) is 0 Å². The van der Waals surface area contributed by atoms with Crippen LogP contribution in [0.25, 0.3) is 10.2 Å². The number of fused-ring (bicyclic) bond motifs is 1. The van der Waals surface area contributed by atoms with Gasteiger partial charge in [-0.2, -0.15) is 0 Å². The van der Waals surface area contributed by atoms with Gasteiger partial charge in [0.25, 0.3) is 15.9 Å². The zero-order chi connectivity index (χ0) is 25.0. The highest BCUT2D eigenvalue weighted by Gasteiger charge is 2.25. The number of halogens is 1. The molecule has 1 heterocycles. The smallest absolute Gasteiger partial charge is 0.264 e. The SMILES string of the molecule is CCN(c1ccccc1)S(=O)(=O)c1ccc(C(=O)N(CCN(C)C)c2nc3ccccc3s2)cc1.Cl. The second-order valence-electron chi connectivity index (χ2n) is 8.25. The zero-order valence-corrected chi connectivity index (χ0v) is 22.8. The predicted octanol–water partition coefficient (Wildman–Crippen LogP) is 5.14. The number of carbonyl (C=O) groups is 1. The lowest BCUT2D eigenvalue weighted by Crippen LogP contribution is -2.36. The van der Waals surface area contributed by atoms with Crippen LogP contribution in [0.15, 0.2) is 83.8 Å². The highest BCUT2D eigenvalue weighted by molar-refractivity contribution is 7.92. The van der Waals surface area contributed by atoms with Gasteiger partial charge in [0.05, 0.1) is 20.8 Å². The molecule has 0 bridgehead atoms. The third-order valence-corrected chi connectivity index (χ3v) is 8.53. The van der Waals surface area contributed by atoms with E-state index in [0.717, 1.165) is 10.2 Å². The van der Waals surface area contributed by atoms with Crippen LogP contribution in [0.2, 0.25) is 0 Å². The van der Waals surface area contributed by atoms with Crippen molar-refractivity contribution in [2.75, 3.05) is 42.9 Å². The first kappa shape index (κ1) is 27.6. The molecular formula is C26H29ClN4O3S2. The summed E-state index contributed by atoms with van der Waals surface area (Å²) in [6.07, 6.45) is 0. The first-order valence-electron chi connectivity index (χ1n) is 11.3. The molecule has 7 nitrogen and oxygen atoms in total. The van der Waals surface area contributed by atoms with Crippen molar-refractivity contribution in [1.29, 1.82) is 0 Å². The maximum absolute atomic E-state index is 13.5. The maximum Gasteiger partial charge on any atom is 0.264 e. The third-order valence-electron chi connectivity index (χ3n) is 5.55. The van der Waals surface area contributed by atoms with Crippen LogP contribution in [0.1, 0.15) is 17.3 Å². The molecule has 0 unspecified atom stereocenters. The minimum absolute atomic E-state index is 0. The van der Waals surface area contributed by atoms with Crippen molar-refractivity contribution in [1.82, 2.24) is 9.88 Å². The van der Waals surface area contributed by atoms with E-state index in [0.29, 0.717) is 36.0 Å². The van der Waals surface area contributed by atoms with E-state index in [1.807, 2.05) is 49.3 Å². The average Bonchev–Trinajstić information content (AvgIpc) is 3.29. The lowest BCUT2D eigenvalue weighted by molar-refractivity contribution is 0.0985. The van der Waals surface area contributed by atoms with Gasteiger partial charge in [-0.3, -0.25) is 14.0 Å². The van der Waals surface area contributed by atoms with Crippen molar-refractivity contribution < 1.29 is 13.2 Å². The van der Waals surface area contributed by atoms with Crippen LogP contribution in [0.3, 0.4) is 0 Å². The molecule has 36 heavy (non-hydrogen) atoms. The van der Waals surface area contributed by atoms with Crippen molar-refractivity contribution in [3.05, 3.63) is 84.4 Å². The molecule has 190 valence electrons. The summed E-state index contributed by atoms with van der Waals surface area (Å²) in [5, 5.41) is 0.621. The summed E-state index contributed by atoms with van der Waals surface area (Å²) in [5.41, 5.74) is 1.85. The highest BCUT2D eigenvalue weighted by atomic mass is 35.5. The van der Waals surface area contributed by atoms with Crippen LogP contribution in [0.4, 0.5) is 10.8 Å². The Bertz CT molecular complexity index is 1380. The van der Waals surface area contributed by atoms with Crippen molar-refractivity contribution in [3.8, 4) is 0 Å². The number of thiazole rings is 1. The molecule has 0 aliphatic rings. The minimum Gasteiger partial charge on any atom is -0.308 e. The molecule has 10 heteroatoms. The Labute approximate surface area is 222 Å². The van der Waals surface area contributed by atoms with Crippen molar-refractivity contribution in [2.45, 2.75) is 11.8 Å². The Morgan fingerprint density at radius 2 is 1.53 bits per heavy atom. The molecule has 4 rings (SSSR count). The Hall–Kier alpha value is -2.98. The van der Waals surface area contributed by atoms with Crippen molar-refractivity contribution in [3.63, 3.8) is 0 Å². The summed E-state index contributed by atoms with van der Waals surface area (Å²) in [6, 6.07) is 22.9. The van der Waals surface area contributed by atoms with Crippen LogP contribution in [0.5, 0.6) is 0 Å². The van der Waals surface area contributed by atoms with E-state index < -0.39 is 10.0 Å². The summed E-state index contributed by atoms with van der Waals surface area (Å²) < 4.78 is 29.0. The number of aromatic nitrogens is 1. The summed E-state index contributed by atoms with van der Waals surface area (Å²) in [4.78, 5) is 22.0. The van der Waals surface area contributed by atoms with E-state index in [-0.39, 0.29) is 23.2 Å². The molecule has 0 aliphatic carbocycles. The number of para-hydroxylation sites is 2. The van der Waals surface area contributed by atoms with Crippen molar-refractivity contribution >= 4 is 60.7 Å². The van der Waals surface area contributed by atoms with E-state index in [1.54, 1.807) is 48.2 Å². The standard InChI is InChI=1S/C26H28N4O3S2.ClH/c1-4-30(21-10-6-5-7-11-21)35(32,33)22-16-14-20(15-17-22)25(31)29(19-18-28(2)3)26-27-23-12-8-9-13-24(23)34-26;/h5-17H,4,18-19H2,1-3H3;1H. The van der Waals surface area contributed by atoms with E-state index in [1.165, 1.54) is 27.8 Å². The molecule has 1 aromatic heterocycles. The molecule has 0 atom stereocenters. The molecule has 0 radical (unpaired) electrons. The van der Waals surface area contributed by atoms with E-state index >= 15 is 0 Å². The average molecular weight is 545 g/mol. The van der Waals surface area contributed by atoms with Gasteiger partial charge in [-0.15, -0.1) is 12.4 Å². The summed E-state index contributed by atoms with van der Waals surface area (Å²) in [6.45, 7) is 3.21. The van der Waals surface area contributed by atoms with Gasteiger partial charge in [0.1, 0.15) is 0 Å². The Kier molecular flexibility index (Phi) is 9.08. The van der Waals surface area contributed by atoms with Gasteiger partial charge in [-0.05, 0) is 69.6 Å². The molecule has 0 saturated carbocycles. The molecule has 0 N–H and O–H groups in total. The number of carbonyl (C=O) groups excluding carboxylic acids is 1. The Morgan fingerprint density at radius 3 is 2.14 bits per heavy atom. The number of anilines is 2. The Balaban J connectivity index is 0.00000361. The quantitative estimate of drug-likeness (QED) is 0.291. The Morgan fingerprint density at radius 1 is 0.889 bits per heavy atom. The number of hydrogen-bond donors (Lipinski definition) is 0. The van der Waals surface area contributed by atoms with Gasteiger partial charge < -0.3 is 4.90 Å². The molecule has 0 spiro atoms. The van der Waals surface area contributed by atoms with Gasteiger partial charge in [-0.1, -0.05) is 41.7 Å². The minimum atomic E-state index is -3.77. The lowest BCUT2D eigenvalue weighted by Gasteiger charge is -2.24. The maximum atomic E-state index is 13.5. The molecule has 1 amide bonds. The van der Waals surface area contributed by atoms with Gasteiger partial charge >= 0.3 is 0 Å². The zero-order valence-electron chi connectivity index (χ0n) is 20.4. The summed E-state index contributed by atoms with van der Waals surface area (Å²) in [7, 11) is 0.136. The molecule has 0 saturated heterocycles. The fraction of sp³-hybridized carbons (Fsp3) is 0.231. The van der Waals surface area contributed by atoms with Crippen molar-refractivity contribution in [2.24, 2.45) is 0 Å². The molecule has 4 aromatic rings. The van der Waals surface area contributed by atoms with Gasteiger partial charge in [-0.25, -0.2) is 13.4 Å². The molecular weight excluding hydrogens is 516 g/mol. The number of rotatable bonds is 9. The fourth-order valence-electron chi connectivity index (χ4n) is 3.70. The molecule has 0 aliphatic heterocycles. The number of hydrogen-bond acceptors (Lipinski definition) is 6. The monoisotopic (exact) mass is 544 g/mol. The fourth-order valence-corrected chi connectivity index (χ4v) is 6.16. The summed E-state index contributed by atoms with van der Waals surface area (Å²) in [5.74, 6) is -0.217. The summed E-state index contributed by atoms with van der Waals surface area (Å²) >= 11 is 1.46. The first-order chi connectivity index (χ1) is 16.8. The second-order valence-corrected chi connectivity index (χ2v) is 11.1. The second kappa shape index (κ2) is 11.8. The van der Waals surface area contributed by atoms with E-state index in [4.69, 9.17) is 0 Å². The first-order valence-corrected chi connectivity index (χ1v) is 13.6. The normalized spacial score (nSPS) is 11.3. The van der Waals surface area contributed by atoms with E-state index in [9.17, 15) is 13.2 Å². The number of sulfonamides is 1. The van der Waals surface area contributed by atoms with Gasteiger partial charge in [0.15, 0.2) is 5.13 Å².